The molecule has 0 spiro atoms. The van der Waals surface area contributed by atoms with Gasteiger partial charge < -0.3 is 9.47 Å². The van der Waals surface area contributed by atoms with Crippen molar-refractivity contribution in [3.63, 3.8) is 0 Å². The Morgan fingerprint density at radius 2 is 2.14 bits per heavy atom. The first-order chi connectivity index (χ1) is 6.56. The number of aromatic nitrogens is 3. The van der Waals surface area contributed by atoms with E-state index in [0.29, 0.717) is 0 Å². The van der Waals surface area contributed by atoms with Gasteiger partial charge >= 0.3 is 0 Å². The van der Waals surface area contributed by atoms with Gasteiger partial charge in [-0.1, -0.05) is 0 Å². The number of nitrogens with one attached hydrogen (secondary N) is 1. The number of quaternary nitrogens is 1. The van der Waals surface area contributed by atoms with E-state index in [9.17, 15) is 0 Å². The van der Waals surface area contributed by atoms with E-state index in [-0.39, 0.29) is 0 Å². The summed E-state index contributed by atoms with van der Waals surface area (Å²) in [6.07, 6.45) is 5.45. The Hall–Kier alpha value is -1.42. The molecule has 2 rings (SSSR count). The van der Waals surface area contributed by atoms with Crippen molar-refractivity contribution < 1.29 is 4.48 Å². The second-order valence-corrected chi connectivity index (χ2v) is 4.55. The van der Waals surface area contributed by atoms with Crippen molar-refractivity contribution in [1.29, 1.82) is 0 Å². The van der Waals surface area contributed by atoms with Gasteiger partial charge in [0.2, 0.25) is 0 Å². The molecule has 0 atom stereocenters. The SMILES string of the molecule is C[N+](C)(C)Cc1c[nH]c2ncncc12. The van der Waals surface area contributed by atoms with Crippen molar-refractivity contribution >= 4 is 11.0 Å². The fourth-order valence-electron chi connectivity index (χ4n) is 1.55. The molecule has 14 heavy (non-hydrogen) atoms. The van der Waals surface area contributed by atoms with Crippen LogP contribution in [0, 0.1) is 0 Å². The Bertz CT molecular complexity index is 439. The summed E-state index contributed by atoms with van der Waals surface area (Å²) in [5.41, 5.74) is 2.19. The van der Waals surface area contributed by atoms with Crippen molar-refractivity contribution in [1.82, 2.24) is 15.0 Å². The molecule has 2 heterocycles. The minimum atomic E-state index is 0.905. The minimum absolute atomic E-state index is 0.905. The van der Waals surface area contributed by atoms with Gasteiger partial charge in [-0.2, -0.15) is 0 Å². The Morgan fingerprint density at radius 3 is 2.86 bits per heavy atom. The lowest BCUT2D eigenvalue weighted by Crippen LogP contribution is -2.33. The van der Waals surface area contributed by atoms with Crippen LogP contribution in [0.4, 0.5) is 0 Å². The van der Waals surface area contributed by atoms with E-state index in [1.165, 1.54) is 5.56 Å². The molecule has 0 saturated heterocycles. The molecule has 1 N–H and O–H groups in total. The van der Waals surface area contributed by atoms with E-state index >= 15 is 0 Å². The Labute approximate surface area is 83.2 Å². The highest BCUT2D eigenvalue weighted by Crippen LogP contribution is 2.17. The van der Waals surface area contributed by atoms with E-state index in [0.717, 1.165) is 22.1 Å². The van der Waals surface area contributed by atoms with Gasteiger partial charge in [0, 0.05) is 23.3 Å². The Kier molecular flexibility index (Phi) is 2.00. The number of hydrogen-bond acceptors (Lipinski definition) is 2. The molecule has 0 saturated carbocycles. The third kappa shape index (κ3) is 1.75. The fraction of sp³-hybridized carbons (Fsp3) is 0.400. The molecule has 0 bridgehead atoms. The van der Waals surface area contributed by atoms with Gasteiger partial charge in [0.15, 0.2) is 0 Å². The Morgan fingerprint density at radius 1 is 1.36 bits per heavy atom. The monoisotopic (exact) mass is 191 g/mol. The van der Waals surface area contributed by atoms with Gasteiger partial charge in [-0.05, 0) is 0 Å². The number of nitrogens with zero attached hydrogens (tertiary/aromatic N) is 3. The van der Waals surface area contributed by atoms with Crippen LogP contribution in [-0.4, -0.2) is 40.6 Å². The first-order valence-corrected chi connectivity index (χ1v) is 4.63. The van der Waals surface area contributed by atoms with Crippen LogP contribution in [0.25, 0.3) is 11.0 Å². The van der Waals surface area contributed by atoms with E-state index < -0.39 is 0 Å². The number of aromatic amines is 1. The lowest BCUT2D eigenvalue weighted by molar-refractivity contribution is -0.883. The summed E-state index contributed by atoms with van der Waals surface area (Å²) in [5.74, 6) is 0. The second-order valence-electron chi connectivity index (χ2n) is 4.55. The van der Waals surface area contributed by atoms with Crippen LogP contribution in [0.1, 0.15) is 5.56 Å². The summed E-state index contributed by atoms with van der Waals surface area (Å²) in [6.45, 7) is 0.980. The van der Waals surface area contributed by atoms with Crippen LogP contribution in [0.3, 0.4) is 0 Å². The van der Waals surface area contributed by atoms with Gasteiger partial charge in [0.1, 0.15) is 18.5 Å². The zero-order valence-electron chi connectivity index (χ0n) is 8.78. The third-order valence-electron chi connectivity index (χ3n) is 2.09. The smallest absolute Gasteiger partial charge is 0.141 e. The van der Waals surface area contributed by atoms with Crippen LogP contribution >= 0.6 is 0 Å². The molecule has 0 aliphatic rings. The van der Waals surface area contributed by atoms with Crippen LogP contribution in [-0.2, 0) is 6.54 Å². The van der Waals surface area contributed by atoms with Gasteiger partial charge in [-0.25, -0.2) is 9.97 Å². The molecule has 0 aliphatic carbocycles. The molecule has 74 valence electrons. The van der Waals surface area contributed by atoms with Gasteiger partial charge in [0.05, 0.1) is 21.1 Å². The van der Waals surface area contributed by atoms with Gasteiger partial charge in [-0.15, -0.1) is 0 Å². The van der Waals surface area contributed by atoms with Crippen LogP contribution in [0.5, 0.6) is 0 Å². The van der Waals surface area contributed by atoms with E-state index in [1.54, 1.807) is 6.33 Å². The van der Waals surface area contributed by atoms with Gasteiger partial charge in [0.25, 0.3) is 0 Å². The third-order valence-corrected chi connectivity index (χ3v) is 2.09. The summed E-state index contributed by atoms with van der Waals surface area (Å²) in [4.78, 5) is 11.3. The quantitative estimate of drug-likeness (QED) is 0.724. The average Bonchev–Trinajstić information content (AvgIpc) is 2.47. The van der Waals surface area contributed by atoms with Crippen molar-refractivity contribution in [2.45, 2.75) is 6.54 Å². The molecule has 2 aromatic rings. The number of H-pyrrole nitrogens is 1. The lowest BCUT2D eigenvalue weighted by atomic mass is 10.2. The number of rotatable bonds is 2. The van der Waals surface area contributed by atoms with Crippen LogP contribution < -0.4 is 0 Å². The predicted octanol–water partition coefficient (Wildman–Crippen LogP) is 1.16. The number of hydrogen-bond donors (Lipinski definition) is 1. The van der Waals surface area contributed by atoms with Crippen LogP contribution in [0.2, 0.25) is 0 Å². The zero-order chi connectivity index (χ0) is 10.2. The lowest BCUT2D eigenvalue weighted by Gasteiger charge is -2.23. The molecule has 0 unspecified atom stereocenters. The molecular weight excluding hydrogens is 176 g/mol. The van der Waals surface area contributed by atoms with Crippen molar-refractivity contribution in [2.75, 3.05) is 21.1 Å². The molecular formula is C10H15N4+. The van der Waals surface area contributed by atoms with Crippen molar-refractivity contribution in [3.8, 4) is 0 Å². The Balaban J connectivity index is 2.44. The summed E-state index contributed by atoms with van der Waals surface area (Å²) in [7, 11) is 6.51. The first kappa shape index (κ1) is 9.15. The molecule has 0 fully saturated rings. The molecule has 0 aliphatic heterocycles. The summed E-state index contributed by atoms with van der Waals surface area (Å²) >= 11 is 0. The maximum absolute atomic E-state index is 4.16. The van der Waals surface area contributed by atoms with Crippen LogP contribution in [0.15, 0.2) is 18.7 Å². The molecule has 0 radical (unpaired) electrons. The second kappa shape index (κ2) is 3.06. The first-order valence-electron chi connectivity index (χ1n) is 4.63. The highest BCUT2D eigenvalue weighted by molar-refractivity contribution is 5.78. The van der Waals surface area contributed by atoms with E-state index in [4.69, 9.17) is 0 Å². The summed E-state index contributed by atoms with van der Waals surface area (Å²) in [6, 6.07) is 0. The predicted molar refractivity (Wildman–Crippen MR) is 55.6 cm³/mol. The normalized spacial score (nSPS) is 12.2. The van der Waals surface area contributed by atoms with Crippen molar-refractivity contribution in [2.24, 2.45) is 0 Å². The van der Waals surface area contributed by atoms with E-state index in [1.807, 2.05) is 12.4 Å². The topological polar surface area (TPSA) is 41.6 Å². The largest absolute Gasteiger partial charge is 0.346 e. The molecule has 2 aromatic heterocycles. The molecule has 4 nitrogen and oxygen atoms in total. The van der Waals surface area contributed by atoms with Gasteiger partial charge in [-0.3, -0.25) is 0 Å². The maximum Gasteiger partial charge on any atom is 0.141 e. The zero-order valence-corrected chi connectivity index (χ0v) is 8.78. The highest BCUT2D eigenvalue weighted by Gasteiger charge is 2.12. The maximum atomic E-state index is 4.16. The minimum Gasteiger partial charge on any atom is -0.346 e. The fourth-order valence-corrected chi connectivity index (χ4v) is 1.55. The summed E-state index contributed by atoms with van der Waals surface area (Å²) < 4.78 is 0.905. The number of fused-ring (bicyclic) bond motifs is 1. The molecule has 4 heteroatoms. The molecule has 0 amide bonds. The highest BCUT2D eigenvalue weighted by atomic mass is 15.3. The average molecular weight is 191 g/mol. The van der Waals surface area contributed by atoms with E-state index in [2.05, 4.69) is 36.1 Å². The molecule has 0 aromatic carbocycles. The summed E-state index contributed by atoms with van der Waals surface area (Å²) in [5, 5.41) is 1.13. The van der Waals surface area contributed by atoms with Crippen molar-refractivity contribution in [3.05, 3.63) is 24.3 Å². The standard InChI is InChI=1S/C10H15N4/c1-14(2,3)6-8-4-12-10-9(8)5-11-7-13-10/h4-5,7H,6H2,1-3H3,(H,11,12,13)/q+1.